The summed E-state index contributed by atoms with van der Waals surface area (Å²) >= 11 is 1.52. The van der Waals surface area contributed by atoms with Crippen LogP contribution in [0.4, 0.5) is 5.82 Å². The molecule has 114 valence electrons. The topological polar surface area (TPSA) is 73.1 Å². The Morgan fingerprint density at radius 2 is 2.09 bits per heavy atom. The van der Waals surface area contributed by atoms with Crippen LogP contribution in [0, 0.1) is 0 Å². The number of thiophene rings is 1. The van der Waals surface area contributed by atoms with Gasteiger partial charge in [-0.05, 0) is 34.9 Å². The summed E-state index contributed by atoms with van der Waals surface area (Å²) in [6.45, 7) is 2.38. The van der Waals surface area contributed by atoms with Gasteiger partial charge in [0.2, 0.25) is 5.78 Å². The number of carbonyl (C=O) groups is 1. The van der Waals surface area contributed by atoms with Crippen LogP contribution in [-0.2, 0) is 13.6 Å². The molecule has 0 unspecified atom stereocenters. The molecule has 7 heteroatoms. The molecule has 1 aliphatic rings. The van der Waals surface area contributed by atoms with Gasteiger partial charge in [-0.2, -0.15) is 11.3 Å². The molecule has 3 heterocycles. The molecule has 0 saturated heterocycles. The van der Waals surface area contributed by atoms with E-state index in [9.17, 15) is 14.4 Å². The van der Waals surface area contributed by atoms with Gasteiger partial charge >= 0.3 is 5.69 Å². The second kappa shape index (κ2) is 5.42. The van der Waals surface area contributed by atoms with Crippen LogP contribution in [-0.4, -0.2) is 14.9 Å². The minimum absolute atomic E-state index is 0.0389. The molecule has 3 rings (SSSR count). The summed E-state index contributed by atoms with van der Waals surface area (Å²) < 4.78 is 2.44. The van der Waals surface area contributed by atoms with Gasteiger partial charge < -0.3 is 5.32 Å². The van der Waals surface area contributed by atoms with Crippen LogP contribution in [0.3, 0.4) is 0 Å². The molecule has 0 bridgehead atoms. The van der Waals surface area contributed by atoms with E-state index >= 15 is 0 Å². The van der Waals surface area contributed by atoms with Crippen LogP contribution >= 0.6 is 11.3 Å². The summed E-state index contributed by atoms with van der Waals surface area (Å²) in [6.07, 6.45) is 2.42. The molecular formula is C15H15N3O3S. The number of ketones is 1. The van der Waals surface area contributed by atoms with Crippen molar-refractivity contribution in [2.45, 2.75) is 19.9 Å². The lowest BCUT2D eigenvalue weighted by Gasteiger charge is -2.11. The Bertz CT molecular complexity index is 888. The van der Waals surface area contributed by atoms with Gasteiger partial charge in [0.05, 0.1) is 5.70 Å². The van der Waals surface area contributed by atoms with Crippen molar-refractivity contribution in [3.05, 3.63) is 54.5 Å². The van der Waals surface area contributed by atoms with E-state index in [1.165, 1.54) is 23.0 Å². The zero-order valence-corrected chi connectivity index (χ0v) is 13.1. The van der Waals surface area contributed by atoms with Crippen LogP contribution in [0.2, 0.25) is 0 Å². The van der Waals surface area contributed by atoms with Gasteiger partial charge in [0.1, 0.15) is 11.4 Å². The van der Waals surface area contributed by atoms with Crippen LogP contribution in [0.5, 0.6) is 0 Å². The first-order valence-electron chi connectivity index (χ1n) is 6.94. The lowest BCUT2D eigenvalue weighted by Crippen LogP contribution is -2.40. The summed E-state index contributed by atoms with van der Waals surface area (Å²) in [5.74, 6) is -0.0620. The normalized spacial score (nSPS) is 15.2. The minimum atomic E-state index is -0.557. The number of Topliss-reactive ketones (excluding diaryl/α,β-unsaturated/α-hetero) is 1. The number of allylic oxidation sites excluding steroid dienone is 1. The number of hydrogen-bond acceptors (Lipinski definition) is 5. The SMILES string of the molecule is CCCn1c2c(c(=O)n(C)c1=O)C(=O)C(=Cc1ccsc1)N2. The zero-order chi connectivity index (χ0) is 15.9. The van der Waals surface area contributed by atoms with E-state index in [1.807, 2.05) is 23.8 Å². The number of rotatable bonds is 3. The van der Waals surface area contributed by atoms with E-state index in [-0.39, 0.29) is 11.3 Å². The maximum absolute atomic E-state index is 12.5. The Morgan fingerprint density at radius 1 is 1.32 bits per heavy atom. The van der Waals surface area contributed by atoms with Crippen LogP contribution in [0.1, 0.15) is 29.3 Å². The first-order valence-corrected chi connectivity index (χ1v) is 7.88. The molecule has 0 spiro atoms. The number of carbonyl (C=O) groups excluding carboxylic acids is 1. The Balaban J connectivity index is 2.20. The number of hydrogen-bond donors (Lipinski definition) is 1. The lowest BCUT2D eigenvalue weighted by atomic mass is 10.1. The third-order valence-corrected chi connectivity index (χ3v) is 4.27. The molecule has 6 nitrogen and oxygen atoms in total. The van der Waals surface area contributed by atoms with Gasteiger partial charge in [-0.1, -0.05) is 6.92 Å². The minimum Gasteiger partial charge on any atom is -0.338 e. The monoisotopic (exact) mass is 317 g/mol. The Labute approximate surface area is 130 Å². The summed E-state index contributed by atoms with van der Waals surface area (Å²) in [5, 5.41) is 6.76. The molecule has 2 aromatic heterocycles. The van der Waals surface area contributed by atoms with Crippen molar-refractivity contribution in [1.29, 1.82) is 0 Å². The fourth-order valence-electron chi connectivity index (χ4n) is 2.48. The van der Waals surface area contributed by atoms with Gasteiger partial charge in [-0.3, -0.25) is 18.7 Å². The van der Waals surface area contributed by atoms with E-state index in [4.69, 9.17) is 0 Å². The number of fused-ring (bicyclic) bond motifs is 1. The maximum Gasteiger partial charge on any atom is 0.332 e. The van der Waals surface area contributed by atoms with Crippen LogP contribution in [0.15, 0.2) is 32.1 Å². The predicted molar refractivity (Wildman–Crippen MR) is 86.5 cm³/mol. The Morgan fingerprint density at radius 3 is 2.73 bits per heavy atom. The van der Waals surface area contributed by atoms with E-state index in [0.29, 0.717) is 18.1 Å². The Kier molecular flexibility index (Phi) is 3.58. The van der Waals surface area contributed by atoms with Crippen molar-refractivity contribution in [2.75, 3.05) is 5.32 Å². The average Bonchev–Trinajstić information content (AvgIpc) is 3.11. The van der Waals surface area contributed by atoms with Crippen molar-refractivity contribution in [3.63, 3.8) is 0 Å². The fraction of sp³-hybridized carbons (Fsp3) is 0.267. The largest absolute Gasteiger partial charge is 0.338 e. The quantitative estimate of drug-likeness (QED) is 0.874. The number of nitrogens with one attached hydrogen (secondary N) is 1. The molecule has 0 radical (unpaired) electrons. The molecule has 2 aromatic rings. The van der Waals surface area contributed by atoms with Crippen molar-refractivity contribution < 1.29 is 4.79 Å². The predicted octanol–water partition coefficient (Wildman–Crippen LogP) is 1.67. The highest BCUT2D eigenvalue weighted by molar-refractivity contribution is 7.08. The van der Waals surface area contributed by atoms with Crippen molar-refractivity contribution in [1.82, 2.24) is 9.13 Å². The van der Waals surface area contributed by atoms with Gasteiger partial charge in [0.25, 0.3) is 5.56 Å². The van der Waals surface area contributed by atoms with Gasteiger partial charge in [-0.15, -0.1) is 0 Å². The van der Waals surface area contributed by atoms with Gasteiger partial charge in [0.15, 0.2) is 0 Å². The second-order valence-electron chi connectivity index (χ2n) is 5.09. The summed E-state index contributed by atoms with van der Waals surface area (Å²) in [7, 11) is 1.39. The van der Waals surface area contributed by atoms with Crippen LogP contribution < -0.4 is 16.6 Å². The van der Waals surface area contributed by atoms with Crippen molar-refractivity contribution >= 4 is 29.0 Å². The second-order valence-corrected chi connectivity index (χ2v) is 5.87. The summed E-state index contributed by atoms with van der Waals surface area (Å²) in [5.41, 5.74) is 0.272. The first-order chi connectivity index (χ1) is 10.5. The van der Waals surface area contributed by atoms with E-state index in [0.717, 1.165) is 16.6 Å². The molecule has 0 aromatic carbocycles. The lowest BCUT2D eigenvalue weighted by molar-refractivity contribution is 0.104. The van der Waals surface area contributed by atoms with E-state index in [1.54, 1.807) is 6.08 Å². The number of anilines is 1. The van der Waals surface area contributed by atoms with Crippen LogP contribution in [0.25, 0.3) is 6.08 Å². The highest BCUT2D eigenvalue weighted by atomic mass is 32.1. The molecule has 1 aliphatic heterocycles. The third kappa shape index (κ3) is 2.14. The van der Waals surface area contributed by atoms with Crippen molar-refractivity contribution in [3.8, 4) is 0 Å². The molecule has 22 heavy (non-hydrogen) atoms. The number of aromatic nitrogens is 2. The van der Waals surface area contributed by atoms with E-state index < -0.39 is 11.2 Å². The smallest absolute Gasteiger partial charge is 0.332 e. The summed E-state index contributed by atoms with van der Waals surface area (Å²) in [4.78, 5) is 37.0. The number of nitrogens with zero attached hydrogens (tertiary/aromatic N) is 2. The van der Waals surface area contributed by atoms with Crippen molar-refractivity contribution in [2.24, 2.45) is 7.05 Å². The van der Waals surface area contributed by atoms with E-state index in [2.05, 4.69) is 5.32 Å². The maximum atomic E-state index is 12.5. The molecule has 0 amide bonds. The first kappa shape index (κ1) is 14.5. The molecule has 0 atom stereocenters. The summed E-state index contributed by atoms with van der Waals surface area (Å²) in [6, 6.07) is 1.88. The van der Waals surface area contributed by atoms with Gasteiger partial charge in [0, 0.05) is 13.6 Å². The molecule has 0 aliphatic carbocycles. The third-order valence-electron chi connectivity index (χ3n) is 3.57. The molecular weight excluding hydrogens is 302 g/mol. The highest BCUT2D eigenvalue weighted by Crippen LogP contribution is 2.26. The Hall–Kier alpha value is -2.41. The zero-order valence-electron chi connectivity index (χ0n) is 12.3. The fourth-order valence-corrected chi connectivity index (χ4v) is 3.10. The molecule has 0 fully saturated rings. The molecule has 0 saturated carbocycles. The molecule has 1 N–H and O–H groups in total. The highest BCUT2D eigenvalue weighted by Gasteiger charge is 2.32. The standard InChI is InChI=1S/C15H15N3O3S/c1-3-5-18-13-11(14(20)17(2)15(18)21)12(19)10(16-13)7-9-4-6-22-8-9/h4,6-8,16H,3,5H2,1-2H3. The van der Waals surface area contributed by atoms with Gasteiger partial charge in [-0.25, -0.2) is 4.79 Å². The average molecular weight is 317 g/mol.